The van der Waals surface area contributed by atoms with Gasteiger partial charge < -0.3 is 19.5 Å². The summed E-state index contributed by atoms with van der Waals surface area (Å²) in [6, 6.07) is 13.3. The summed E-state index contributed by atoms with van der Waals surface area (Å²) in [6.07, 6.45) is 0.352. The summed E-state index contributed by atoms with van der Waals surface area (Å²) < 4.78 is 16.7. The molecule has 0 aliphatic rings. The Balaban J connectivity index is 1.91. The van der Waals surface area contributed by atoms with Crippen LogP contribution in [0.2, 0.25) is 0 Å². The van der Waals surface area contributed by atoms with Crippen molar-refractivity contribution in [2.24, 2.45) is 0 Å². The lowest BCUT2D eigenvalue weighted by atomic mass is 10.2. The first kappa shape index (κ1) is 19.6. The van der Waals surface area contributed by atoms with Crippen molar-refractivity contribution in [3.8, 4) is 17.2 Å². The third kappa shape index (κ3) is 5.69. The van der Waals surface area contributed by atoms with Gasteiger partial charge in [-0.15, -0.1) is 0 Å². The van der Waals surface area contributed by atoms with E-state index in [-0.39, 0.29) is 5.91 Å². The maximum atomic E-state index is 12.3. The van der Waals surface area contributed by atoms with Crippen LogP contribution in [0.1, 0.15) is 31.4 Å². The lowest BCUT2D eigenvalue weighted by Gasteiger charge is -2.16. The Labute approximate surface area is 155 Å². The smallest absolute Gasteiger partial charge is 0.261 e. The lowest BCUT2D eigenvalue weighted by molar-refractivity contribution is -0.127. The highest BCUT2D eigenvalue weighted by atomic mass is 16.5. The predicted molar refractivity (Wildman–Crippen MR) is 102 cm³/mol. The van der Waals surface area contributed by atoms with Crippen molar-refractivity contribution in [2.75, 3.05) is 13.7 Å². The molecule has 0 aliphatic carbocycles. The van der Waals surface area contributed by atoms with Gasteiger partial charge >= 0.3 is 0 Å². The summed E-state index contributed by atoms with van der Waals surface area (Å²) in [5.74, 6) is 1.89. The Hall–Kier alpha value is -2.69. The van der Waals surface area contributed by atoms with Crippen molar-refractivity contribution in [2.45, 2.75) is 39.8 Å². The largest absolute Gasteiger partial charge is 0.493 e. The third-order valence-electron chi connectivity index (χ3n) is 3.83. The molecule has 1 N–H and O–H groups in total. The van der Waals surface area contributed by atoms with Gasteiger partial charge in [-0.05, 0) is 55.7 Å². The van der Waals surface area contributed by atoms with Crippen LogP contribution in [-0.4, -0.2) is 25.7 Å². The number of ether oxygens (including phenoxy) is 3. The lowest BCUT2D eigenvalue weighted by Crippen LogP contribution is -2.35. The van der Waals surface area contributed by atoms with Crippen molar-refractivity contribution in [3.63, 3.8) is 0 Å². The molecule has 0 fully saturated rings. The highest BCUT2D eigenvalue weighted by Gasteiger charge is 2.15. The molecule has 0 aliphatic heterocycles. The number of aryl methyl sites for hydroxylation is 1. The molecule has 0 saturated heterocycles. The van der Waals surface area contributed by atoms with E-state index in [4.69, 9.17) is 14.2 Å². The van der Waals surface area contributed by atoms with Gasteiger partial charge in [0.1, 0.15) is 5.75 Å². The maximum Gasteiger partial charge on any atom is 0.261 e. The van der Waals surface area contributed by atoms with Crippen LogP contribution in [-0.2, 0) is 11.3 Å². The zero-order chi connectivity index (χ0) is 18.9. The second-order valence-corrected chi connectivity index (χ2v) is 6.13. The van der Waals surface area contributed by atoms with Crippen LogP contribution in [0.4, 0.5) is 0 Å². The molecule has 2 aromatic rings. The number of hydrogen-bond donors (Lipinski definition) is 1. The van der Waals surface area contributed by atoms with Crippen LogP contribution in [0.15, 0.2) is 42.5 Å². The van der Waals surface area contributed by atoms with Gasteiger partial charge in [0.05, 0.1) is 13.7 Å². The fourth-order valence-corrected chi connectivity index (χ4v) is 2.43. The fraction of sp³-hybridized carbons (Fsp3) is 0.381. The summed E-state index contributed by atoms with van der Waals surface area (Å²) in [4.78, 5) is 12.3. The number of carbonyl (C=O) groups excluding carboxylic acids is 1. The first-order chi connectivity index (χ1) is 12.5. The van der Waals surface area contributed by atoms with Crippen LogP contribution >= 0.6 is 0 Å². The van der Waals surface area contributed by atoms with Crippen molar-refractivity contribution >= 4 is 5.91 Å². The minimum absolute atomic E-state index is 0.170. The van der Waals surface area contributed by atoms with Gasteiger partial charge in [0.15, 0.2) is 17.6 Å². The molecule has 0 heterocycles. The zero-order valence-electron chi connectivity index (χ0n) is 15.9. The Morgan fingerprint density at radius 2 is 1.96 bits per heavy atom. The number of benzene rings is 2. The summed E-state index contributed by atoms with van der Waals surface area (Å²) in [5.41, 5.74) is 2.02. The van der Waals surface area contributed by atoms with E-state index in [0.717, 1.165) is 17.5 Å². The van der Waals surface area contributed by atoms with Gasteiger partial charge in [0, 0.05) is 6.54 Å². The van der Waals surface area contributed by atoms with Crippen molar-refractivity contribution in [3.05, 3.63) is 53.6 Å². The summed E-state index contributed by atoms with van der Waals surface area (Å²) in [7, 11) is 1.61. The molecule has 5 nitrogen and oxygen atoms in total. The Bertz CT molecular complexity index is 730. The molecule has 140 valence electrons. The minimum Gasteiger partial charge on any atom is -0.493 e. The molecule has 0 aromatic heterocycles. The molecule has 0 spiro atoms. The van der Waals surface area contributed by atoms with Crippen LogP contribution in [0.5, 0.6) is 17.2 Å². The van der Waals surface area contributed by atoms with Crippen molar-refractivity contribution < 1.29 is 19.0 Å². The average Bonchev–Trinajstić information content (AvgIpc) is 2.64. The number of carbonyl (C=O) groups is 1. The molecule has 2 rings (SSSR count). The van der Waals surface area contributed by atoms with Crippen LogP contribution in [0.3, 0.4) is 0 Å². The Morgan fingerprint density at radius 1 is 1.15 bits per heavy atom. The summed E-state index contributed by atoms with van der Waals surface area (Å²) in [5, 5.41) is 2.89. The number of nitrogens with one attached hydrogen (secondary N) is 1. The Morgan fingerprint density at radius 3 is 2.65 bits per heavy atom. The standard InChI is InChI=1S/C21H27NO4/c1-5-11-25-19-10-9-17(13-20(19)24-4)14-22-21(23)16(3)26-18-8-6-7-15(2)12-18/h6-10,12-13,16H,5,11,14H2,1-4H3,(H,22,23). The van der Waals surface area contributed by atoms with Crippen LogP contribution in [0, 0.1) is 6.92 Å². The van der Waals surface area contributed by atoms with E-state index in [0.29, 0.717) is 30.4 Å². The van der Waals surface area contributed by atoms with Crippen molar-refractivity contribution in [1.29, 1.82) is 0 Å². The number of rotatable bonds is 9. The van der Waals surface area contributed by atoms with E-state index in [1.54, 1.807) is 14.0 Å². The average molecular weight is 357 g/mol. The number of hydrogen-bond acceptors (Lipinski definition) is 4. The normalized spacial score (nSPS) is 11.5. The minimum atomic E-state index is -0.578. The quantitative estimate of drug-likeness (QED) is 0.740. The van der Waals surface area contributed by atoms with E-state index in [1.165, 1.54) is 0 Å². The molecule has 1 amide bonds. The summed E-state index contributed by atoms with van der Waals surface area (Å²) >= 11 is 0. The predicted octanol–water partition coefficient (Wildman–Crippen LogP) is 3.88. The van der Waals surface area contributed by atoms with Crippen LogP contribution in [0.25, 0.3) is 0 Å². The van der Waals surface area contributed by atoms with Gasteiger partial charge in [0.2, 0.25) is 0 Å². The molecule has 1 atom stereocenters. The molecule has 1 unspecified atom stereocenters. The molecule has 26 heavy (non-hydrogen) atoms. The fourth-order valence-electron chi connectivity index (χ4n) is 2.43. The maximum absolute atomic E-state index is 12.3. The summed E-state index contributed by atoms with van der Waals surface area (Å²) in [6.45, 7) is 6.81. The molecule has 0 bridgehead atoms. The third-order valence-corrected chi connectivity index (χ3v) is 3.83. The van der Waals surface area contributed by atoms with E-state index >= 15 is 0 Å². The number of methoxy groups -OCH3 is 1. The van der Waals surface area contributed by atoms with E-state index in [9.17, 15) is 4.79 Å². The second-order valence-electron chi connectivity index (χ2n) is 6.13. The van der Waals surface area contributed by atoms with E-state index < -0.39 is 6.10 Å². The molecule has 5 heteroatoms. The zero-order valence-corrected chi connectivity index (χ0v) is 15.9. The highest BCUT2D eigenvalue weighted by molar-refractivity contribution is 5.80. The first-order valence-electron chi connectivity index (χ1n) is 8.84. The van der Waals surface area contributed by atoms with E-state index in [2.05, 4.69) is 12.2 Å². The molecular formula is C21H27NO4. The molecule has 0 radical (unpaired) electrons. The highest BCUT2D eigenvalue weighted by Crippen LogP contribution is 2.28. The van der Waals surface area contributed by atoms with Gasteiger partial charge in [-0.3, -0.25) is 4.79 Å². The second kappa shape index (κ2) is 9.70. The Kier molecular flexibility index (Phi) is 7.33. The number of amides is 1. The topological polar surface area (TPSA) is 56.8 Å². The van der Waals surface area contributed by atoms with Gasteiger partial charge in [0.25, 0.3) is 5.91 Å². The van der Waals surface area contributed by atoms with Gasteiger partial charge in [-0.25, -0.2) is 0 Å². The SMILES string of the molecule is CCCOc1ccc(CNC(=O)C(C)Oc2cccc(C)c2)cc1OC. The molecule has 0 saturated carbocycles. The molecule has 2 aromatic carbocycles. The van der Waals surface area contributed by atoms with Gasteiger partial charge in [-0.2, -0.15) is 0 Å². The van der Waals surface area contributed by atoms with E-state index in [1.807, 2.05) is 49.4 Å². The first-order valence-corrected chi connectivity index (χ1v) is 8.84. The monoisotopic (exact) mass is 357 g/mol. The van der Waals surface area contributed by atoms with Crippen molar-refractivity contribution in [1.82, 2.24) is 5.32 Å². The van der Waals surface area contributed by atoms with Crippen LogP contribution < -0.4 is 19.5 Å². The molecular weight excluding hydrogens is 330 g/mol. The van der Waals surface area contributed by atoms with Gasteiger partial charge in [-0.1, -0.05) is 25.1 Å².